The van der Waals surface area contributed by atoms with Crippen LogP contribution >= 0.6 is 12.0 Å². The van der Waals surface area contributed by atoms with Gasteiger partial charge >= 0.3 is 5.97 Å². The van der Waals surface area contributed by atoms with E-state index in [0.29, 0.717) is 30.8 Å². The molecule has 2 aliphatic heterocycles. The van der Waals surface area contributed by atoms with Gasteiger partial charge in [0.15, 0.2) is 11.4 Å². The molecule has 0 spiro atoms. The number of ether oxygens (including phenoxy) is 1. The fraction of sp³-hybridized carbons (Fsp3) is 0.452. The van der Waals surface area contributed by atoms with Gasteiger partial charge in [-0.2, -0.15) is 17.6 Å². The Balaban J connectivity index is 1.09. The van der Waals surface area contributed by atoms with Gasteiger partial charge in [0.2, 0.25) is 23.2 Å². The summed E-state index contributed by atoms with van der Waals surface area (Å²) in [7, 11) is -3.05. The molecule has 3 aromatic carbocycles. The van der Waals surface area contributed by atoms with E-state index in [0.717, 1.165) is 77.4 Å². The van der Waals surface area contributed by atoms with Gasteiger partial charge in [-0.1, -0.05) is 5.04 Å². The molecule has 2 amide bonds. The van der Waals surface area contributed by atoms with E-state index >= 15 is 0 Å². The number of hydrogen-bond donors (Lipinski definition) is 4. The summed E-state index contributed by atoms with van der Waals surface area (Å²) in [5.74, 6) is -1.03. The summed E-state index contributed by atoms with van der Waals surface area (Å²) < 4.78 is 47.1. The van der Waals surface area contributed by atoms with Crippen LogP contribution in [0.4, 0.5) is 22.7 Å². The van der Waals surface area contributed by atoms with Crippen molar-refractivity contribution in [2.45, 2.75) is 114 Å². The fourth-order valence-electron chi connectivity index (χ4n) is 7.69. The summed E-state index contributed by atoms with van der Waals surface area (Å²) in [5, 5.41) is 18.0. The van der Waals surface area contributed by atoms with Crippen molar-refractivity contribution in [3.8, 4) is 0 Å². The van der Waals surface area contributed by atoms with E-state index in [1.54, 1.807) is 12.1 Å². The van der Waals surface area contributed by atoms with Gasteiger partial charge in [0, 0.05) is 79.1 Å². The number of nitrogens with one attached hydrogen (secondary N) is 2. The lowest BCUT2D eigenvalue weighted by molar-refractivity contribution is -0.439. The second-order valence-electron chi connectivity index (χ2n) is 15.8. The Kier molecular flexibility index (Phi) is 14.4. The molecule has 312 valence electrons. The molecule has 16 heteroatoms. The quantitative estimate of drug-likeness (QED) is 0.0173. The highest BCUT2D eigenvalue weighted by atomic mass is 32.2. The highest BCUT2D eigenvalue weighted by Gasteiger charge is 2.44. The number of fused-ring (bicyclic) bond motifs is 2. The minimum absolute atomic E-state index is 0.128. The standard InChI is InChI=1S/C42H52N4O10S2/c1-27-41(3,4)34-25-32(57-56-55-50)16-18-36(34)45(27)20-12-8-10-14-38(47)43-30-22-29(40(49)54-7)23-31(24-30)44-39(48)15-11-9-13-21-46-28(2)42(5,6)35-26-33(58(51,52)53)17-19-37(35)46/h16-19,22-26H,8-15,20-21H2,1-7H3,(H2-2,43,44,47,48,50,51,52,53)/p+2. The summed E-state index contributed by atoms with van der Waals surface area (Å²) in [6.07, 6.45) is 5.06. The van der Waals surface area contributed by atoms with Crippen LogP contribution in [0.2, 0.25) is 0 Å². The lowest BCUT2D eigenvalue weighted by atomic mass is 9.82. The van der Waals surface area contributed by atoms with E-state index in [2.05, 4.69) is 49.9 Å². The Morgan fingerprint density at radius 3 is 1.71 bits per heavy atom. The second-order valence-corrected chi connectivity index (χ2v) is 18.0. The second kappa shape index (κ2) is 18.6. The number of amides is 2. The number of anilines is 2. The molecule has 2 heterocycles. The molecule has 0 bridgehead atoms. The first-order valence-corrected chi connectivity index (χ1v) is 21.5. The Hall–Kier alpha value is -4.45. The van der Waals surface area contributed by atoms with Gasteiger partial charge in [-0.25, -0.2) is 10.1 Å². The number of esters is 1. The van der Waals surface area contributed by atoms with Crippen molar-refractivity contribution in [1.29, 1.82) is 0 Å². The minimum Gasteiger partial charge on any atom is -0.465 e. The van der Waals surface area contributed by atoms with E-state index in [1.807, 2.05) is 39.0 Å². The topological polar surface area (TPSA) is 184 Å². The van der Waals surface area contributed by atoms with Crippen molar-refractivity contribution in [2.75, 3.05) is 30.8 Å². The van der Waals surface area contributed by atoms with Gasteiger partial charge < -0.3 is 15.4 Å². The molecule has 0 saturated carbocycles. The molecule has 5 rings (SSSR count). The van der Waals surface area contributed by atoms with Crippen LogP contribution in [0, 0.1) is 0 Å². The molecular weight excluding hydrogens is 785 g/mol. The Labute approximate surface area is 344 Å². The average Bonchev–Trinajstić information content (AvgIpc) is 3.48. The number of nitrogens with zero attached hydrogens (tertiary/aromatic N) is 2. The molecule has 58 heavy (non-hydrogen) atoms. The third kappa shape index (κ3) is 10.2. The number of unbranched alkanes of at least 4 members (excludes halogenated alkanes) is 4. The summed E-state index contributed by atoms with van der Waals surface area (Å²) >= 11 is 0.934. The predicted octanol–water partition coefficient (Wildman–Crippen LogP) is 8.34. The Morgan fingerprint density at radius 1 is 0.724 bits per heavy atom. The monoisotopic (exact) mass is 838 g/mol. The van der Waals surface area contributed by atoms with Crippen LogP contribution in [0.15, 0.2) is 64.4 Å². The molecule has 0 aliphatic carbocycles. The molecule has 0 radical (unpaired) electrons. The van der Waals surface area contributed by atoms with E-state index < -0.39 is 21.5 Å². The number of hydrogen-bond acceptors (Lipinski definition) is 10. The number of methoxy groups -OCH3 is 1. The zero-order valence-electron chi connectivity index (χ0n) is 34.1. The van der Waals surface area contributed by atoms with Crippen molar-refractivity contribution in [3.05, 3.63) is 71.3 Å². The van der Waals surface area contributed by atoms with Crippen LogP contribution in [0.25, 0.3) is 0 Å². The highest BCUT2D eigenvalue weighted by molar-refractivity contribution is 7.94. The minimum atomic E-state index is -4.32. The van der Waals surface area contributed by atoms with Gasteiger partial charge in [0.25, 0.3) is 10.1 Å². The van der Waals surface area contributed by atoms with Crippen LogP contribution in [0.1, 0.15) is 114 Å². The molecule has 2 aliphatic rings. The third-order valence-corrected chi connectivity index (χ3v) is 12.9. The van der Waals surface area contributed by atoms with Gasteiger partial charge in [0.1, 0.15) is 13.1 Å². The van der Waals surface area contributed by atoms with E-state index in [4.69, 9.17) is 9.99 Å². The van der Waals surface area contributed by atoms with E-state index in [9.17, 15) is 27.4 Å². The number of benzene rings is 3. The van der Waals surface area contributed by atoms with Crippen molar-refractivity contribution >= 4 is 74.1 Å². The maximum atomic E-state index is 13.0. The number of carbonyl (C=O) groups excluding carboxylic acids is 3. The first-order chi connectivity index (χ1) is 27.4. The number of rotatable bonds is 19. The maximum absolute atomic E-state index is 13.0. The predicted molar refractivity (Wildman–Crippen MR) is 222 cm³/mol. The van der Waals surface area contributed by atoms with Crippen LogP contribution in [0.5, 0.6) is 0 Å². The molecular formula is C42H54N4O10S2+2. The van der Waals surface area contributed by atoms with E-state index in [-0.39, 0.29) is 40.5 Å². The van der Waals surface area contributed by atoms with Crippen molar-refractivity contribution < 1.29 is 55.9 Å². The normalized spacial score (nSPS) is 15.3. The van der Waals surface area contributed by atoms with Crippen LogP contribution in [-0.2, 0) is 44.6 Å². The Bertz CT molecular complexity index is 2250. The van der Waals surface area contributed by atoms with Gasteiger partial charge in [-0.3, -0.25) is 14.1 Å². The van der Waals surface area contributed by atoms with Crippen molar-refractivity contribution in [1.82, 2.24) is 0 Å². The zero-order chi connectivity index (χ0) is 42.4. The number of carbonyl (C=O) groups is 3. The summed E-state index contributed by atoms with van der Waals surface area (Å²) in [6, 6.07) is 15.3. The van der Waals surface area contributed by atoms with Crippen LogP contribution in [0.3, 0.4) is 0 Å². The first kappa shape index (κ1) is 44.6. The molecule has 4 N–H and O–H groups in total. The molecule has 0 atom stereocenters. The third-order valence-electron chi connectivity index (χ3n) is 11.4. The first-order valence-electron chi connectivity index (χ1n) is 19.4. The van der Waals surface area contributed by atoms with Gasteiger partial charge in [-0.05, 0) is 95.8 Å². The van der Waals surface area contributed by atoms with E-state index in [1.165, 1.54) is 37.1 Å². The van der Waals surface area contributed by atoms with Gasteiger partial charge in [0.05, 0.1) is 40.4 Å². The van der Waals surface area contributed by atoms with Crippen molar-refractivity contribution in [3.63, 3.8) is 0 Å². The molecule has 3 aromatic rings. The summed E-state index contributed by atoms with van der Waals surface area (Å²) in [5.41, 5.74) is 6.65. The largest absolute Gasteiger partial charge is 0.465 e. The van der Waals surface area contributed by atoms with Crippen LogP contribution < -0.4 is 10.6 Å². The molecule has 0 unspecified atom stereocenters. The molecule has 0 aromatic heterocycles. The lowest BCUT2D eigenvalue weighted by Gasteiger charge is -2.15. The maximum Gasteiger partial charge on any atom is 0.337 e. The SMILES string of the molecule is COC(=O)c1cc(NC(=O)CCCCC[N+]2=C(C)C(C)(C)c3cc(SOOO)ccc32)cc(NC(=O)CCCCC[N+]2=C(C)C(C)(C)c3cc(S(=O)(=O)O)ccc32)c1. The summed E-state index contributed by atoms with van der Waals surface area (Å²) in [6.45, 7) is 14.0. The average molecular weight is 839 g/mol. The zero-order valence-corrected chi connectivity index (χ0v) is 35.8. The fourth-order valence-corrected chi connectivity index (χ4v) is 8.60. The highest BCUT2D eigenvalue weighted by Crippen LogP contribution is 2.42. The van der Waals surface area contributed by atoms with Crippen molar-refractivity contribution in [2.24, 2.45) is 0 Å². The molecule has 14 nitrogen and oxygen atoms in total. The molecule has 0 fully saturated rings. The van der Waals surface area contributed by atoms with Crippen LogP contribution in [-0.4, -0.2) is 76.8 Å². The molecule has 0 saturated heterocycles. The summed E-state index contributed by atoms with van der Waals surface area (Å²) in [4.78, 5) is 39.1. The Morgan fingerprint density at radius 2 is 1.22 bits per heavy atom. The van der Waals surface area contributed by atoms with Gasteiger partial charge in [-0.15, -0.1) is 4.33 Å². The lowest BCUT2D eigenvalue weighted by Crippen LogP contribution is -2.26. The smallest absolute Gasteiger partial charge is 0.337 e.